The van der Waals surface area contributed by atoms with Crippen molar-refractivity contribution in [2.75, 3.05) is 0 Å². The topological polar surface area (TPSA) is 12.9 Å². The third-order valence-electron chi connectivity index (χ3n) is 0.723. The zero-order chi connectivity index (χ0) is 5.82. The molecular weight excluding hydrogens is 232 g/mol. The van der Waals surface area contributed by atoms with Gasteiger partial charge >= 0.3 is 61.3 Å². The summed E-state index contributed by atoms with van der Waals surface area (Å²) in [6, 6.07) is 5.95. The van der Waals surface area contributed by atoms with E-state index in [4.69, 9.17) is 0 Å². The van der Waals surface area contributed by atoms with Gasteiger partial charge < -0.3 is 0 Å². The van der Waals surface area contributed by atoms with Crippen molar-refractivity contribution >= 4 is 31.9 Å². The molecule has 0 aliphatic heterocycles. The van der Waals surface area contributed by atoms with Crippen LogP contribution in [0.4, 0.5) is 0 Å². The molecular formula is C5H4NSe2. The normalized spacial score (nSPS) is 9.12. The summed E-state index contributed by atoms with van der Waals surface area (Å²) in [5.41, 5.74) is 0. The van der Waals surface area contributed by atoms with Crippen LogP contribution in [0, 0.1) is 0 Å². The molecule has 0 N–H and O–H groups in total. The van der Waals surface area contributed by atoms with Crippen LogP contribution in [0.2, 0.25) is 0 Å². The van der Waals surface area contributed by atoms with E-state index in [1.54, 1.807) is 0 Å². The summed E-state index contributed by atoms with van der Waals surface area (Å²) >= 11 is 3.39. The predicted octanol–water partition coefficient (Wildman–Crippen LogP) is -0.505. The fourth-order valence-electron chi connectivity index (χ4n) is 0.396. The van der Waals surface area contributed by atoms with Gasteiger partial charge in [-0.25, -0.2) is 0 Å². The van der Waals surface area contributed by atoms with Gasteiger partial charge in [0.1, 0.15) is 0 Å². The van der Waals surface area contributed by atoms with Crippen molar-refractivity contribution in [3.8, 4) is 0 Å². The van der Waals surface area contributed by atoms with E-state index in [1.807, 2.05) is 24.4 Å². The SMILES string of the molecule is [Se][Se]c1ccccn1. The maximum atomic E-state index is 4.09. The van der Waals surface area contributed by atoms with E-state index in [1.165, 1.54) is 4.59 Å². The number of nitrogens with zero attached hydrogens (tertiary/aromatic N) is 1. The molecule has 0 saturated heterocycles. The van der Waals surface area contributed by atoms with Gasteiger partial charge in [0.2, 0.25) is 0 Å². The number of aromatic nitrogens is 1. The Labute approximate surface area is 61.4 Å². The van der Waals surface area contributed by atoms with E-state index < -0.39 is 0 Å². The van der Waals surface area contributed by atoms with Crippen molar-refractivity contribution in [2.24, 2.45) is 0 Å². The fourth-order valence-corrected chi connectivity index (χ4v) is 1.97. The Morgan fingerprint density at radius 3 is 2.75 bits per heavy atom. The summed E-state index contributed by atoms with van der Waals surface area (Å²) in [4.78, 5) is 4.09. The quantitative estimate of drug-likeness (QED) is 0.599. The maximum absolute atomic E-state index is 4.09. The third kappa shape index (κ3) is 1.61. The van der Waals surface area contributed by atoms with Gasteiger partial charge in [-0.15, -0.1) is 0 Å². The van der Waals surface area contributed by atoms with E-state index in [0.717, 1.165) is 0 Å². The minimum absolute atomic E-state index is 0.432. The standard InChI is InChI=1S/C5H4NSe2/c7-8-5-3-1-2-4-6-5/h1-4H. The Balaban J connectivity index is 2.83. The predicted molar refractivity (Wildman–Crippen MR) is 35.4 cm³/mol. The van der Waals surface area contributed by atoms with Crippen LogP contribution in [0.5, 0.6) is 0 Å². The first-order valence-corrected chi connectivity index (χ1v) is 7.33. The molecule has 0 saturated carbocycles. The van der Waals surface area contributed by atoms with Gasteiger partial charge in [0, 0.05) is 0 Å². The van der Waals surface area contributed by atoms with Gasteiger partial charge in [-0.3, -0.25) is 0 Å². The first kappa shape index (κ1) is 6.31. The Bertz CT molecular complexity index is 152. The van der Waals surface area contributed by atoms with Gasteiger partial charge in [0.25, 0.3) is 0 Å². The summed E-state index contributed by atoms with van der Waals surface area (Å²) < 4.78 is 1.17. The van der Waals surface area contributed by atoms with Gasteiger partial charge in [-0.1, -0.05) is 0 Å². The minimum atomic E-state index is 0.432. The van der Waals surface area contributed by atoms with E-state index in [9.17, 15) is 0 Å². The van der Waals surface area contributed by atoms with Crippen molar-refractivity contribution in [2.45, 2.75) is 0 Å². The molecule has 0 aliphatic rings. The molecule has 41 valence electrons. The summed E-state index contributed by atoms with van der Waals surface area (Å²) in [7, 11) is 0. The second-order valence-corrected chi connectivity index (χ2v) is 4.30. The molecule has 0 fully saturated rings. The zero-order valence-corrected chi connectivity index (χ0v) is 7.50. The van der Waals surface area contributed by atoms with Crippen LogP contribution < -0.4 is 4.59 Å². The number of pyridine rings is 1. The van der Waals surface area contributed by atoms with E-state index in [2.05, 4.69) is 19.2 Å². The molecule has 3 heteroatoms. The number of hydrogen-bond acceptors (Lipinski definition) is 1. The molecule has 0 atom stereocenters. The van der Waals surface area contributed by atoms with Crippen molar-refractivity contribution < 1.29 is 0 Å². The molecule has 1 aromatic rings. The third-order valence-corrected chi connectivity index (χ3v) is 3.45. The van der Waals surface area contributed by atoms with E-state index in [-0.39, 0.29) is 0 Å². The van der Waals surface area contributed by atoms with Crippen LogP contribution in [0.1, 0.15) is 0 Å². The van der Waals surface area contributed by atoms with E-state index in [0.29, 0.717) is 13.1 Å². The van der Waals surface area contributed by atoms with Gasteiger partial charge in [-0.2, -0.15) is 0 Å². The summed E-state index contributed by atoms with van der Waals surface area (Å²) in [6.07, 6.45) is 1.81. The molecule has 0 aromatic carbocycles. The average Bonchev–Trinajstić information content (AvgIpc) is 1.90. The van der Waals surface area contributed by atoms with Gasteiger partial charge in [-0.05, 0) is 0 Å². The molecule has 0 spiro atoms. The van der Waals surface area contributed by atoms with Crippen molar-refractivity contribution in [3.05, 3.63) is 24.4 Å². The molecule has 0 unspecified atom stereocenters. The molecule has 0 amide bonds. The Hall–Kier alpha value is 0.189. The average molecular weight is 236 g/mol. The second-order valence-electron chi connectivity index (χ2n) is 1.25. The first-order valence-electron chi connectivity index (χ1n) is 2.14. The zero-order valence-electron chi connectivity index (χ0n) is 4.07. The van der Waals surface area contributed by atoms with E-state index >= 15 is 0 Å². The molecule has 1 nitrogen and oxygen atoms in total. The molecule has 1 heterocycles. The van der Waals surface area contributed by atoms with Crippen molar-refractivity contribution in [3.63, 3.8) is 0 Å². The van der Waals surface area contributed by atoms with Crippen LogP contribution in [-0.4, -0.2) is 32.3 Å². The molecule has 1 aromatic heterocycles. The molecule has 0 bridgehead atoms. The fraction of sp³-hybridized carbons (Fsp3) is 0. The molecule has 1 radical (unpaired) electrons. The van der Waals surface area contributed by atoms with Gasteiger partial charge in [0.05, 0.1) is 0 Å². The summed E-state index contributed by atoms with van der Waals surface area (Å²) in [5, 5.41) is 0. The molecule has 8 heavy (non-hydrogen) atoms. The Kier molecular flexibility index (Phi) is 2.57. The Morgan fingerprint density at radius 1 is 1.50 bits per heavy atom. The molecule has 1 rings (SSSR count). The first-order chi connectivity index (χ1) is 3.93. The number of rotatable bonds is 1. The summed E-state index contributed by atoms with van der Waals surface area (Å²) in [5.74, 6) is 0. The van der Waals surface area contributed by atoms with Crippen LogP contribution in [0.25, 0.3) is 0 Å². The summed E-state index contributed by atoms with van der Waals surface area (Å²) in [6.45, 7) is 0. The second kappa shape index (κ2) is 3.26. The number of hydrogen-bond donors (Lipinski definition) is 0. The van der Waals surface area contributed by atoms with Crippen molar-refractivity contribution in [1.29, 1.82) is 0 Å². The van der Waals surface area contributed by atoms with Crippen molar-refractivity contribution in [1.82, 2.24) is 4.98 Å². The van der Waals surface area contributed by atoms with Crippen LogP contribution in [0.3, 0.4) is 0 Å². The Morgan fingerprint density at radius 2 is 2.38 bits per heavy atom. The molecule has 0 aliphatic carbocycles. The van der Waals surface area contributed by atoms with Crippen LogP contribution in [0.15, 0.2) is 24.4 Å². The van der Waals surface area contributed by atoms with Crippen LogP contribution >= 0.6 is 0 Å². The van der Waals surface area contributed by atoms with Gasteiger partial charge in [0.15, 0.2) is 0 Å². The monoisotopic (exact) mass is 238 g/mol. The van der Waals surface area contributed by atoms with Crippen LogP contribution in [-0.2, 0) is 0 Å².